The normalized spacial score (nSPS) is 26.2. The zero-order valence-electron chi connectivity index (χ0n) is 13.3. The number of ether oxygens (including phenoxy) is 1. The second-order valence-corrected chi connectivity index (χ2v) is 5.87. The van der Waals surface area contributed by atoms with Crippen molar-refractivity contribution in [3.8, 4) is 0 Å². The van der Waals surface area contributed by atoms with Crippen LogP contribution in [0.25, 0.3) is 0 Å². The molecule has 3 amide bonds. The van der Waals surface area contributed by atoms with Crippen LogP contribution in [0, 0.1) is 5.92 Å². The first-order valence-electron chi connectivity index (χ1n) is 8.07. The van der Waals surface area contributed by atoms with E-state index in [0.717, 1.165) is 25.8 Å². The number of nitrogens with zero attached hydrogens (tertiary/aromatic N) is 2. The summed E-state index contributed by atoms with van der Waals surface area (Å²) in [6.07, 6.45) is 3.17. The molecule has 7 nitrogen and oxygen atoms in total. The quantitative estimate of drug-likeness (QED) is 0.583. The minimum absolute atomic E-state index is 0.162. The molecule has 0 radical (unpaired) electrons. The molecule has 0 aromatic carbocycles. The van der Waals surface area contributed by atoms with E-state index in [1.54, 1.807) is 6.92 Å². The molecule has 0 aliphatic carbocycles. The Hall–Kier alpha value is -1.63. The van der Waals surface area contributed by atoms with Crippen LogP contribution in [0.1, 0.15) is 39.5 Å². The number of likely N-dealkylation sites (tertiary alicyclic amines) is 1. The minimum atomic E-state index is -0.400. The van der Waals surface area contributed by atoms with Gasteiger partial charge in [-0.15, -0.1) is 0 Å². The van der Waals surface area contributed by atoms with Gasteiger partial charge in [-0.05, 0) is 32.7 Å². The first kappa shape index (κ1) is 16.7. The lowest BCUT2D eigenvalue weighted by Gasteiger charge is -2.33. The molecule has 0 saturated carbocycles. The Morgan fingerprint density at radius 2 is 2.14 bits per heavy atom. The van der Waals surface area contributed by atoms with E-state index in [1.807, 2.05) is 11.8 Å². The minimum Gasteiger partial charge on any atom is -0.466 e. The van der Waals surface area contributed by atoms with Crippen LogP contribution in [-0.4, -0.2) is 60.1 Å². The van der Waals surface area contributed by atoms with Gasteiger partial charge >= 0.3 is 12.0 Å². The molecule has 0 spiro atoms. The fourth-order valence-corrected chi connectivity index (χ4v) is 3.03. The number of amides is 3. The van der Waals surface area contributed by atoms with Crippen molar-refractivity contribution < 1.29 is 19.1 Å². The smallest absolute Gasteiger partial charge is 0.325 e. The molecule has 2 saturated heterocycles. The Bertz CT molecular complexity index is 441. The molecule has 0 aromatic rings. The maximum absolute atomic E-state index is 12.2. The fraction of sp³-hybridized carbons (Fsp3) is 0.800. The van der Waals surface area contributed by atoms with Gasteiger partial charge in [-0.2, -0.15) is 0 Å². The molecule has 1 N–H and O–H groups in total. The summed E-state index contributed by atoms with van der Waals surface area (Å²) in [5.41, 5.74) is 0. The second kappa shape index (κ2) is 7.58. The standard InChI is InChI=1S/C15H25N3O4/c1-3-6-12-13(19)18(15(21)16-12)10-17-8-5-7-11(9-17)14(20)22-4-2/h11-12H,3-10H2,1-2H3,(H,16,21)/t11-,12-/m0/s1. The third kappa shape index (κ3) is 3.76. The van der Waals surface area contributed by atoms with E-state index in [-0.39, 0.29) is 30.5 Å². The van der Waals surface area contributed by atoms with Gasteiger partial charge < -0.3 is 10.1 Å². The average Bonchev–Trinajstić information content (AvgIpc) is 2.76. The number of esters is 1. The Labute approximate surface area is 131 Å². The van der Waals surface area contributed by atoms with E-state index in [2.05, 4.69) is 5.32 Å². The van der Waals surface area contributed by atoms with E-state index in [1.165, 1.54) is 4.90 Å². The predicted molar refractivity (Wildman–Crippen MR) is 79.9 cm³/mol. The van der Waals surface area contributed by atoms with Crippen LogP contribution in [0.4, 0.5) is 4.79 Å². The van der Waals surface area contributed by atoms with E-state index < -0.39 is 6.04 Å². The highest BCUT2D eigenvalue weighted by Gasteiger charge is 2.39. The lowest BCUT2D eigenvalue weighted by atomic mass is 9.98. The van der Waals surface area contributed by atoms with Gasteiger partial charge in [0.05, 0.1) is 19.2 Å². The van der Waals surface area contributed by atoms with Crippen LogP contribution in [0.5, 0.6) is 0 Å². The molecule has 2 fully saturated rings. The molecule has 2 aliphatic rings. The zero-order chi connectivity index (χ0) is 16.1. The number of nitrogens with one attached hydrogen (secondary N) is 1. The monoisotopic (exact) mass is 311 g/mol. The molecule has 2 atom stereocenters. The van der Waals surface area contributed by atoms with Crippen molar-refractivity contribution in [3.63, 3.8) is 0 Å². The number of urea groups is 1. The molecular weight excluding hydrogens is 286 g/mol. The summed E-state index contributed by atoms with van der Waals surface area (Å²) >= 11 is 0. The molecular formula is C15H25N3O4. The van der Waals surface area contributed by atoms with E-state index >= 15 is 0 Å². The van der Waals surface area contributed by atoms with Gasteiger partial charge in [0.2, 0.25) is 0 Å². The number of hydrogen-bond acceptors (Lipinski definition) is 5. The molecule has 22 heavy (non-hydrogen) atoms. The summed E-state index contributed by atoms with van der Waals surface area (Å²) in [6.45, 7) is 5.72. The third-order valence-corrected chi connectivity index (χ3v) is 4.15. The second-order valence-electron chi connectivity index (χ2n) is 5.87. The van der Waals surface area contributed by atoms with E-state index in [9.17, 15) is 14.4 Å². The fourth-order valence-electron chi connectivity index (χ4n) is 3.03. The van der Waals surface area contributed by atoms with Gasteiger partial charge in [0.1, 0.15) is 6.04 Å². The Morgan fingerprint density at radius 1 is 1.36 bits per heavy atom. The molecule has 0 bridgehead atoms. The van der Waals surface area contributed by atoms with Crippen molar-refractivity contribution in [1.29, 1.82) is 0 Å². The number of piperidine rings is 1. The van der Waals surface area contributed by atoms with Crippen LogP contribution in [-0.2, 0) is 14.3 Å². The molecule has 7 heteroatoms. The Balaban J connectivity index is 1.91. The van der Waals surface area contributed by atoms with Gasteiger partial charge in [-0.3, -0.25) is 14.5 Å². The molecule has 2 aliphatic heterocycles. The SMILES string of the molecule is CCC[C@@H]1NC(=O)N(CN2CCC[C@H](C(=O)OCC)C2)C1=O. The highest BCUT2D eigenvalue weighted by atomic mass is 16.5. The average molecular weight is 311 g/mol. The van der Waals surface area contributed by atoms with E-state index in [0.29, 0.717) is 19.6 Å². The molecule has 0 aromatic heterocycles. The van der Waals surface area contributed by atoms with Crippen molar-refractivity contribution in [2.75, 3.05) is 26.4 Å². The van der Waals surface area contributed by atoms with Crippen LogP contribution in [0.15, 0.2) is 0 Å². The van der Waals surface area contributed by atoms with Gasteiger partial charge in [-0.1, -0.05) is 13.3 Å². The number of imide groups is 1. The first-order valence-corrected chi connectivity index (χ1v) is 8.07. The van der Waals surface area contributed by atoms with Crippen LogP contribution in [0.3, 0.4) is 0 Å². The highest BCUT2D eigenvalue weighted by Crippen LogP contribution is 2.20. The summed E-state index contributed by atoms with van der Waals surface area (Å²) in [4.78, 5) is 39.2. The molecule has 124 valence electrons. The maximum atomic E-state index is 12.2. The van der Waals surface area contributed by atoms with Crippen LogP contribution in [0.2, 0.25) is 0 Å². The van der Waals surface area contributed by atoms with Crippen molar-refractivity contribution in [3.05, 3.63) is 0 Å². The summed E-state index contributed by atoms with van der Waals surface area (Å²) in [5, 5.41) is 2.72. The summed E-state index contributed by atoms with van der Waals surface area (Å²) < 4.78 is 5.07. The summed E-state index contributed by atoms with van der Waals surface area (Å²) in [5.74, 6) is -0.515. The maximum Gasteiger partial charge on any atom is 0.325 e. The Morgan fingerprint density at radius 3 is 2.82 bits per heavy atom. The highest BCUT2D eigenvalue weighted by molar-refractivity contribution is 6.04. The number of hydrogen-bond donors (Lipinski definition) is 1. The molecule has 2 heterocycles. The summed E-state index contributed by atoms with van der Waals surface area (Å²) in [7, 11) is 0. The number of rotatable bonds is 6. The van der Waals surface area contributed by atoms with Crippen molar-refractivity contribution >= 4 is 17.9 Å². The lowest BCUT2D eigenvalue weighted by molar-refractivity contribution is -0.150. The lowest BCUT2D eigenvalue weighted by Crippen LogP contribution is -2.47. The predicted octanol–water partition coefficient (Wildman–Crippen LogP) is 0.940. The van der Waals surface area contributed by atoms with Crippen LogP contribution >= 0.6 is 0 Å². The first-order chi connectivity index (χ1) is 10.6. The third-order valence-electron chi connectivity index (χ3n) is 4.15. The van der Waals surface area contributed by atoms with Gasteiger partial charge in [0.25, 0.3) is 5.91 Å². The number of carbonyl (C=O) groups excluding carboxylic acids is 3. The molecule has 0 unspecified atom stereocenters. The van der Waals surface area contributed by atoms with Crippen molar-refractivity contribution in [2.45, 2.75) is 45.6 Å². The topological polar surface area (TPSA) is 79.0 Å². The Kier molecular flexibility index (Phi) is 5.76. The summed E-state index contributed by atoms with van der Waals surface area (Å²) in [6, 6.07) is -0.732. The largest absolute Gasteiger partial charge is 0.466 e. The van der Waals surface area contributed by atoms with Crippen molar-refractivity contribution in [2.24, 2.45) is 5.92 Å². The molecule has 2 rings (SSSR count). The zero-order valence-corrected chi connectivity index (χ0v) is 13.3. The van der Waals surface area contributed by atoms with Crippen molar-refractivity contribution in [1.82, 2.24) is 15.1 Å². The van der Waals surface area contributed by atoms with Gasteiger partial charge in [0.15, 0.2) is 0 Å². The van der Waals surface area contributed by atoms with Gasteiger partial charge in [0, 0.05) is 6.54 Å². The number of carbonyl (C=O) groups is 3. The van der Waals surface area contributed by atoms with Crippen LogP contribution < -0.4 is 5.32 Å². The van der Waals surface area contributed by atoms with E-state index in [4.69, 9.17) is 4.74 Å². The van der Waals surface area contributed by atoms with Gasteiger partial charge in [-0.25, -0.2) is 9.69 Å².